The highest BCUT2D eigenvalue weighted by atomic mass is 32.2. The number of nitrogens with two attached hydrogens (primary N) is 1. The van der Waals surface area contributed by atoms with Gasteiger partial charge in [-0.3, -0.25) is 10.1 Å². The molecule has 0 spiro atoms. The van der Waals surface area contributed by atoms with E-state index < -0.39 is 14.9 Å². The maximum Gasteiger partial charge on any atom is 0.289 e. The van der Waals surface area contributed by atoms with E-state index in [1.54, 1.807) is 13.0 Å². The molecule has 0 saturated carbocycles. The lowest BCUT2D eigenvalue weighted by molar-refractivity contribution is -0.387. The molecule has 2 rings (SSSR count). The lowest BCUT2D eigenvalue weighted by atomic mass is 10.2. The summed E-state index contributed by atoms with van der Waals surface area (Å²) < 4.78 is 26.2. The van der Waals surface area contributed by atoms with Crippen molar-refractivity contribution in [1.82, 2.24) is 4.31 Å². The van der Waals surface area contributed by atoms with Gasteiger partial charge < -0.3 is 5.73 Å². The fraction of sp³-hybridized carbons (Fsp3) is 0.455. The number of aryl methyl sites for hydroxylation is 1. The lowest BCUT2D eigenvalue weighted by Crippen LogP contribution is -2.32. The Labute approximate surface area is 111 Å². The van der Waals surface area contributed by atoms with Gasteiger partial charge in [-0.25, -0.2) is 8.42 Å². The molecule has 2 N–H and O–H groups in total. The highest BCUT2D eigenvalue weighted by Crippen LogP contribution is 2.31. The number of nitro benzene ring substituents is 1. The molecule has 0 aromatic heterocycles. The van der Waals surface area contributed by atoms with Gasteiger partial charge in [0.2, 0.25) is 10.0 Å². The van der Waals surface area contributed by atoms with Crippen LogP contribution in [0.4, 0.5) is 5.69 Å². The number of nitrogens with zero attached hydrogens (tertiary/aromatic N) is 2. The third-order valence-corrected chi connectivity index (χ3v) is 5.23. The molecule has 1 atom stereocenters. The van der Waals surface area contributed by atoms with Crippen molar-refractivity contribution in [1.29, 1.82) is 0 Å². The second kappa shape index (κ2) is 4.87. The molecule has 1 aliphatic rings. The molecule has 8 heteroatoms. The molecule has 1 aliphatic heterocycles. The van der Waals surface area contributed by atoms with E-state index in [9.17, 15) is 18.5 Å². The van der Waals surface area contributed by atoms with Crippen LogP contribution < -0.4 is 5.73 Å². The number of hydrogen-bond acceptors (Lipinski definition) is 5. The fourth-order valence-electron chi connectivity index (χ4n) is 2.22. The Balaban J connectivity index is 2.55. The van der Waals surface area contributed by atoms with E-state index in [0.717, 1.165) is 0 Å². The van der Waals surface area contributed by atoms with Crippen LogP contribution in [0, 0.1) is 17.0 Å². The molecule has 1 fully saturated rings. The first-order valence-corrected chi connectivity index (χ1v) is 7.28. The third kappa shape index (κ3) is 2.46. The van der Waals surface area contributed by atoms with Crippen molar-refractivity contribution in [2.24, 2.45) is 5.73 Å². The summed E-state index contributed by atoms with van der Waals surface area (Å²) in [6.45, 7) is 2.05. The summed E-state index contributed by atoms with van der Waals surface area (Å²) in [5, 5.41) is 11.0. The third-order valence-electron chi connectivity index (χ3n) is 3.17. The van der Waals surface area contributed by atoms with Gasteiger partial charge in [-0.15, -0.1) is 0 Å². The molecule has 1 heterocycles. The zero-order valence-electron chi connectivity index (χ0n) is 10.4. The summed E-state index contributed by atoms with van der Waals surface area (Å²) >= 11 is 0. The van der Waals surface area contributed by atoms with E-state index in [1.165, 1.54) is 16.4 Å². The Morgan fingerprint density at radius 1 is 1.47 bits per heavy atom. The molecule has 19 heavy (non-hydrogen) atoms. The first-order chi connectivity index (χ1) is 8.84. The number of rotatable bonds is 3. The summed E-state index contributed by atoms with van der Waals surface area (Å²) in [4.78, 5) is 10.1. The van der Waals surface area contributed by atoms with Crippen LogP contribution in [0.25, 0.3) is 0 Å². The molecule has 0 aliphatic carbocycles. The summed E-state index contributed by atoms with van der Waals surface area (Å²) in [6, 6.07) is 4.02. The van der Waals surface area contributed by atoms with Gasteiger partial charge in [0, 0.05) is 25.2 Å². The quantitative estimate of drug-likeness (QED) is 0.647. The van der Waals surface area contributed by atoms with Crippen LogP contribution in [-0.4, -0.2) is 36.8 Å². The van der Waals surface area contributed by atoms with E-state index in [1.807, 2.05) is 0 Å². The van der Waals surface area contributed by atoms with Crippen molar-refractivity contribution in [3.8, 4) is 0 Å². The SMILES string of the molecule is Cc1cccc([N+](=O)[O-])c1S(=O)(=O)N1CC[C@H](N)C1. The smallest absolute Gasteiger partial charge is 0.289 e. The molecule has 0 bridgehead atoms. The van der Waals surface area contributed by atoms with Gasteiger partial charge >= 0.3 is 0 Å². The van der Waals surface area contributed by atoms with Crippen LogP contribution >= 0.6 is 0 Å². The molecule has 1 aromatic carbocycles. The second-order valence-electron chi connectivity index (χ2n) is 4.59. The van der Waals surface area contributed by atoms with E-state index in [2.05, 4.69) is 0 Å². The average molecular weight is 285 g/mol. The summed E-state index contributed by atoms with van der Waals surface area (Å²) in [5.41, 5.74) is 5.68. The van der Waals surface area contributed by atoms with Crippen molar-refractivity contribution in [3.05, 3.63) is 33.9 Å². The molecule has 1 aromatic rings. The Morgan fingerprint density at radius 2 is 2.16 bits per heavy atom. The van der Waals surface area contributed by atoms with Crippen molar-refractivity contribution in [2.45, 2.75) is 24.3 Å². The van der Waals surface area contributed by atoms with Crippen molar-refractivity contribution in [3.63, 3.8) is 0 Å². The largest absolute Gasteiger partial charge is 0.326 e. The Morgan fingerprint density at radius 3 is 2.68 bits per heavy atom. The predicted octanol–water partition coefficient (Wildman–Crippen LogP) is 0.625. The molecule has 104 valence electrons. The Hall–Kier alpha value is -1.51. The van der Waals surface area contributed by atoms with E-state index >= 15 is 0 Å². The Bertz CT molecular complexity index is 614. The zero-order valence-corrected chi connectivity index (χ0v) is 11.3. The summed E-state index contributed by atoms with van der Waals surface area (Å²) in [7, 11) is -3.87. The van der Waals surface area contributed by atoms with Gasteiger partial charge in [0.1, 0.15) is 0 Å². The topological polar surface area (TPSA) is 107 Å². The molecular weight excluding hydrogens is 270 g/mol. The minimum atomic E-state index is -3.87. The first-order valence-electron chi connectivity index (χ1n) is 5.84. The van der Waals surface area contributed by atoms with E-state index in [0.29, 0.717) is 18.5 Å². The molecule has 0 radical (unpaired) electrons. The van der Waals surface area contributed by atoms with Gasteiger partial charge in [-0.1, -0.05) is 12.1 Å². The first kappa shape index (κ1) is 13.9. The number of hydrogen-bond donors (Lipinski definition) is 1. The number of benzene rings is 1. The van der Waals surface area contributed by atoms with E-state index in [4.69, 9.17) is 5.73 Å². The predicted molar refractivity (Wildman–Crippen MR) is 69.2 cm³/mol. The van der Waals surface area contributed by atoms with Gasteiger partial charge in [-0.2, -0.15) is 4.31 Å². The van der Waals surface area contributed by atoms with Crippen molar-refractivity contribution >= 4 is 15.7 Å². The second-order valence-corrected chi connectivity index (χ2v) is 6.47. The molecular formula is C11H15N3O4S. The van der Waals surface area contributed by atoms with Crippen molar-refractivity contribution < 1.29 is 13.3 Å². The maximum absolute atomic E-state index is 12.5. The zero-order chi connectivity index (χ0) is 14.2. The fourth-order valence-corrected chi connectivity index (χ4v) is 4.09. The highest BCUT2D eigenvalue weighted by molar-refractivity contribution is 7.89. The normalized spacial score (nSPS) is 20.6. The number of nitro groups is 1. The number of sulfonamides is 1. The van der Waals surface area contributed by atoms with Crippen molar-refractivity contribution in [2.75, 3.05) is 13.1 Å². The van der Waals surface area contributed by atoms with Crippen LogP contribution in [0.15, 0.2) is 23.1 Å². The van der Waals surface area contributed by atoms with Gasteiger partial charge in [0.05, 0.1) is 4.92 Å². The summed E-state index contributed by atoms with van der Waals surface area (Å²) in [5.74, 6) is 0. The standard InChI is InChI=1S/C11H15N3O4S/c1-8-3-2-4-10(14(15)16)11(8)19(17,18)13-6-5-9(12)7-13/h2-4,9H,5-7,12H2,1H3/t9-/m0/s1. The average Bonchev–Trinajstić information content (AvgIpc) is 2.75. The van der Waals surface area contributed by atoms with Crippen LogP contribution in [0.1, 0.15) is 12.0 Å². The minimum Gasteiger partial charge on any atom is -0.326 e. The molecule has 0 amide bonds. The lowest BCUT2D eigenvalue weighted by Gasteiger charge is -2.17. The molecule has 7 nitrogen and oxygen atoms in total. The minimum absolute atomic E-state index is 0.202. The van der Waals surface area contributed by atoms with Crippen LogP contribution in [0.2, 0.25) is 0 Å². The Kier molecular flexibility index (Phi) is 3.57. The van der Waals surface area contributed by atoms with Crippen LogP contribution in [0.3, 0.4) is 0 Å². The molecule has 1 saturated heterocycles. The van der Waals surface area contributed by atoms with Crippen LogP contribution in [0.5, 0.6) is 0 Å². The van der Waals surface area contributed by atoms with Crippen LogP contribution in [-0.2, 0) is 10.0 Å². The monoisotopic (exact) mass is 285 g/mol. The van der Waals surface area contributed by atoms with Gasteiger partial charge in [0.25, 0.3) is 5.69 Å². The maximum atomic E-state index is 12.5. The summed E-state index contributed by atoms with van der Waals surface area (Å²) in [6.07, 6.45) is 0.568. The van der Waals surface area contributed by atoms with E-state index in [-0.39, 0.29) is 23.2 Å². The van der Waals surface area contributed by atoms with Gasteiger partial charge in [0.15, 0.2) is 4.90 Å². The highest BCUT2D eigenvalue weighted by Gasteiger charge is 2.36. The molecule has 0 unspecified atom stereocenters. The van der Waals surface area contributed by atoms with Gasteiger partial charge in [-0.05, 0) is 18.9 Å².